The second kappa shape index (κ2) is 6.29. The molecule has 0 bridgehead atoms. The van der Waals surface area contributed by atoms with E-state index in [1.807, 2.05) is 17.5 Å². The van der Waals surface area contributed by atoms with Gasteiger partial charge in [-0.2, -0.15) is 0 Å². The van der Waals surface area contributed by atoms with E-state index in [1.165, 1.54) is 22.5 Å². The van der Waals surface area contributed by atoms with Crippen molar-refractivity contribution in [2.45, 2.75) is 12.5 Å². The monoisotopic (exact) mass is 322 g/mol. The number of thiophene rings is 1. The van der Waals surface area contributed by atoms with Crippen LogP contribution in [0.4, 0.5) is 0 Å². The number of amides is 1. The standard InChI is InChI=1S/C14H14N2O5S/c17-12(16-3-4-20-8-10(16)14(18)19)6-9-7-21-13(15-9)11-2-1-5-22-11/h1-2,5,7,10H,3-4,6,8H2,(H,18,19)/t10-/m0/s1. The predicted octanol–water partition coefficient (Wildman–Crippen LogP) is 1.26. The molecule has 0 radical (unpaired) electrons. The molecular formula is C14H14N2O5S. The van der Waals surface area contributed by atoms with Crippen LogP contribution >= 0.6 is 11.3 Å². The minimum Gasteiger partial charge on any atom is -0.480 e. The molecule has 1 atom stereocenters. The van der Waals surface area contributed by atoms with Gasteiger partial charge in [-0.15, -0.1) is 11.3 Å². The van der Waals surface area contributed by atoms with E-state index >= 15 is 0 Å². The van der Waals surface area contributed by atoms with E-state index in [1.54, 1.807) is 0 Å². The summed E-state index contributed by atoms with van der Waals surface area (Å²) in [5, 5.41) is 11.1. The average Bonchev–Trinajstić information content (AvgIpc) is 3.17. The van der Waals surface area contributed by atoms with Gasteiger partial charge in [-0.25, -0.2) is 9.78 Å². The van der Waals surface area contributed by atoms with Crippen molar-refractivity contribution in [1.29, 1.82) is 0 Å². The molecule has 1 aliphatic rings. The van der Waals surface area contributed by atoms with Gasteiger partial charge < -0.3 is 19.2 Å². The summed E-state index contributed by atoms with van der Waals surface area (Å²) in [6.45, 7) is 0.626. The number of oxazole rings is 1. The average molecular weight is 322 g/mol. The van der Waals surface area contributed by atoms with Crippen molar-refractivity contribution < 1.29 is 23.8 Å². The second-order valence-electron chi connectivity index (χ2n) is 4.81. The summed E-state index contributed by atoms with van der Waals surface area (Å²) in [4.78, 5) is 30.0. The van der Waals surface area contributed by atoms with Crippen LogP contribution in [-0.2, 0) is 20.7 Å². The third-order valence-corrected chi connectivity index (χ3v) is 4.21. The molecule has 0 aliphatic carbocycles. The Hall–Kier alpha value is -2.19. The van der Waals surface area contributed by atoms with Crippen molar-refractivity contribution >= 4 is 23.2 Å². The summed E-state index contributed by atoms with van der Waals surface area (Å²) < 4.78 is 10.5. The Morgan fingerprint density at radius 2 is 2.36 bits per heavy atom. The lowest BCUT2D eigenvalue weighted by Crippen LogP contribution is -2.53. The molecule has 116 valence electrons. The van der Waals surface area contributed by atoms with Crippen molar-refractivity contribution in [1.82, 2.24) is 9.88 Å². The zero-order chi connectivity index (χ0) is 15.5. The van der Waals surface area contributed by atoms with Gasteiger partial charge in [0, 0.05) is 6.54 Å². The summed E-state index contributed by atoms with van der Waals surface area (Å²) in [6.07, 6.45) is 1.45. The molecule has 8 heteroatoms. The lowest BCUT2D eigenvalue weighted by Gasteiger charge is -2.32. The molecule has 0 aromatic carbocycles. The molecule has 1 amide bonds. The normalized spacial score (nSPS) is 18.4. The molecule has 22 heavy (non-hydrogen) atoms. The fraction of sp³-hybridized carbons (Fsp3) is 0.357. The van der Waals surface area contributed by atoms with Crippen LogP contribution in [0.3, 0.4) is 0 Å². The fourth-order valence-electron chi connectivity index (χ4n) is 2.26. The summed E-state index contributed by atoms with van der Waals surface area (Å²) in [6, 6.07) is 2.83. The number of ether oxygens (including phenoxy) is 1. The van der Waals surface area contributed by atoms with E-state index in [0.29, 0.717) is 18.2 Å². The van der Waals surface area contributed by atoms with Crippen molar-refractivity contribution in [3.8, 4) is 10.8 Å². The highest BCUT2D eigenvalue weighted by molar-refractivity contribution is 7.13. The number of rotatable bonds is 4. The number of hydrogen-bond donors (Lipinski definition) is 1. The maximum Gasteiger partial charge on any atom is 0.328 e. The van der Waals surface area contributed by atoms with Crippen LogP contribution in [0.1, 0.15) is 5.69 Å². The third-order valence-electron chi connectivity index (χ3n) is 3.35. The lowest BCUT2D eigenvalue weighted by atomic mass is 10.2. The minimum absolute atomic E-state index is 0.0126. The quantitative estimate of drug-likeness (QED) is 0.911. The van der Waals surface area contributed by atoms with Gasteiger partial charge in [-0.3, -0.25) is 4.79 Å². The Bertz CT molecular complexity index is 667. The number of carboxylic acids is 1. The van der Waals surface area contributed by atoms with E-state index in [-0.39, 0.29) is 25.5 Å². The summed E-state index contributed by atoms with van der Waals surface area (Å²) in [7, 11) is 0. The first kappa shape index (κ1) is 14.7. The molecule has 3 rings (SSSR count). The van der Waals surface area contributed by atoms with Gasteiger partial charge in [-0.05, 0) is 11.4 Å². The SMILES string of the molecule is O=C(O)[C@@H]1COCCN1C(=O)Cc1coc(-c2cccs2)n1. The Labute approximate surface area is 130 Å². The number of aliphatic carboxylic acids is 1. The van der Waals surface area contributed by atoms with Crippen LogP contribution < -0.4 is 0 Å². The Morgan fingerprint density at radius 3 is 3.09 bits per heavy atom. The summed E-state index contributed by atoms with van der Waals surface area (Å²) in [5.41, 5.74) is 0.490. The molecule has 1 fully saturated rings. The van der Waals surface area contributed by atoms with Gasteiger partial charge in [0.2, 0.25) is 11.8 Å². The van der Waals surface area contributed by atoms with Crippen molar-refractivity contribution in [2.24, 2.45) is 0 Å². The molecule has 0 spiro atoms. The van der Waals surface area contributed by atoms with Crippen molar-refractivity contribution in [2.75, 3.05) is 19.8 Å². The molecule has 1 N–H and O–H groups in total. The van der Waals surface area contributed by atoms with Crippen LogP contribution in [0.15, 0.2) is 28.2 Å². The molecular weight excluding hydrogens is 308 g/mol. The van der Waals surface area contributed by atoms with Crippen LogP contribution in [-0.4, -0.2) is 52.7 Å². The Kier molecular flexibility index (Phi) is 4.21. The van der Waals surface area contributed by atoms with Crippen LogP contribution in [0.2, 0.25) is 0 Å². The minimum atomic E-state index is -1.06. The molecule has 1 aliphatic heterocycles. The van der Waals surface area contributed by atoms with Gasteiger partial charge in [-0.1, -0.05) is 6.07 Å². The molecule has 0 unspecified atom stereocenters. The molecule has 2 aromatic heterocycles. The molecule has 1 saturated heterocycles. The Balaban J connectivity index is 1.70. The Morgan fingerprint density at radius 1 is 1.50 bits per heavy atom. The van der Waals surface area contributed by atoms with Crippen LogP contribution in [0.25, 0.3) is 10.8 Å². The first-order valence-corrected chi connectivity index (χ1v) is 7.61. The molecule has 7 nitrogen and oxygen atoms in total. The lowest BCUT2D eigenvalue weighted by molar-refractivity contribution is -0.158. The maximum atomic E-state index is 12.3. The second-order valence-corrected chi connectivity index (χ2v) is 5.76. The smallest absolute Gasteiger partial charge is 0.328 e. The maximum absolute atomic E-state index is 12.3. The van der Waals surface area contributed by atoms with E-state index in [0.717, 1.165) is 4.88 Å². The summed E-state index contributed by atoms with van der Waals surface area (Å²) >= 11 is 1.49. The van der Waals surface area contributed by atoms with Crippen LogP contribution in [0, 0.1) is 0 Å². The van der Waals surface area contributed by atoms with Crippen molar-refractivity contribution in [3.63, 3.8) is 0 Å². The van der Waals surface area contributed by atoms with E-state index in [9.17, 15) is 9.59 Å². The first-order chi connectivity index (χ1) is 10.6. The highest BCUT2D eigenvalue weighted by Crippen LogP contribution is 2.24. The van der Waals surface area contributed by atoms with E-state index < -0.39 is 12.0 Å². The highest BCUT2D eigenvalue weighted by atomic mass is 32.1. The van der Waals surface area contributed by atoms with Crippen LogP contribution in [0.5, 0.6) is 0 Å². The third kappa shape index (κ3) is 3.02. The number of aromatic nitrogens is 1. The van der Waals surface area contributed by atoms with Crippen molar-refractivity contribution in [3.05, 3.63) is 29.5 Å². The molecule has 2 aromatic rings. The highest BCUT2D eigenvalue weighted by Gasteiger charge is 2.32. The van der Waals surface area contributed by atoms with Gasteiger partial charge in [0.05, 0.1) is 30.2 Å². The van der Waals surface area contributed by atoms with E-state index in [2.05, 4.69) is 4.98 Å². The number of morpholine rings is 1. The van der Waals surface area contributed by atoms with Gasteiger partial charge >= 0.3 is 5.97 Å². The van der Waals surface area contributed by atoms with Gasteiger partial charge in [0.25, 0.3) is 0 Å². The van der Waals surface area contributed by atoms with E-state index in [4.69, 9.17) is 14.3 Å². The largest absolute Gasteiger partial charge is 0.480 e. The number of carboxylic acid groups (broad SMARTS) is 1. The predicted molar refractivity (Wildman–Crippen MR) is 77.5 cm³/mol. The zero-order valence-corrected chi connectivity index (χ0v) is 12.4. The molecule has 0 saturated carbocycles. The first-order valence-electron chi connectivity index (χ1n) is 6.73. The zero-order valence-electron chi connectivity index (χ0n) is 11.6. The number of nitrogens with zero attached hydrogens (tertiary/aromatic N) is 2. The number of carbonyl (C=O) groups excluding carboxylic acids is 1. The fourth-order valence-corrected chi connectivity index (χ4v) is 2.92. The number of hydrogen-bond acceptors (Lipinski definition) is 6. The van der Waals surface area contributed by atoms with Gasteiger partial charge in [0.15, 0.2) is 6.04 Å². The number of carbonyl (C=O) groups is 2. The summed E-state index contributed by atoms with van der Waals surface area (Å²) in [5.74, 6) is -0.885. The topological polar surface area (TPSA) is 92.9 Å². The van der Waals surface area contributed by atoms with Gasteiger partial charge in [0.1, 0.15) is 6.26 Å². The molecule has 3 heterocycles.